The van der Waals surface area contributed by atoms with E-state index in [0.29, 0.717) is 31.1 Å². The van der Waals surface area contributed by atoms with Gasteiger partial charge in [0.1, 0.15) is 18.5 Å². The number of carbonyl (C=O) groups is 3. The zero-order valence-electron chi connectivity index (χ0n) is 21.1. The summed E-state index contributed by atoms with van der Waals surface area (Å²) in [6.45, 7) is 1.20. The number of nitrogens with one attached hydrogen (secondary N) is 1. The monoisotopic (exact) mass is 575 g/mol. The SMILES string of the molecule is O=C1COCCN1c1ncccn1.O=CN(c1cccc(F)c1)C(C(=O)NC1CC(F)(F)C1)c1ccccc1Cl. The number of amides is 3. The molecule has 1 aliphatic carbocycles. The quantitative estimate of drug-likeness (QED) is 0.428. The smallest absolute Gasteiger partial charge is 0.255 e. The molecule has 13 heteroatoms. The van der Waals surface area contributed by atoms with E-state index in [1.807, 2.05) is 0 Å². The van der Waals surface area contributed by atoms with Crippen LogP contribution in [-0.4, -0.2) is 59.9 Å². The second-order valence-corrected chi connectivity index (χ2v) is 9.44. The minimum absolute atomic E-state index is 0.0857. The molecule has 0 bridgehead atoms. The van der Waals surface area contributed by atoms with Crippen molar-refractivity contribution in [3.63, 3.8) is 0 Å². The van der Waals surface area contributed by atoms with Crippen molar-refractivity contribution in [3.05, 3.63) is 83.4 Å². The molecule has 1 atom stereocenters. The van der Waals surface area contributed by atoms with Crippen molar-refractivity contribution in [2.45, 2.75) is 30.8 Å². The van der Waals surface area contributed by atoms with Gasteiger partial charge in [-0.3, -0.25) is 24.2 Å². The Morgan fingerprint density at radius 1 is 1.15 bits per heavy atom. The predicted molar refractivity (Wildman–Crippen MR) is 140 cm³/mol. The topological polar surface area (TPSA) is 105 Å². The van der Waals surface area contributed by atoms with Crippen LogP contribution in [0.3, 0.4) is 0 Å². The molecule has 210 valence electrons. The largest absolute Gasteiger partial charge is 0.370 e. The van der Waals surface area contributed by atoms with Gasteiger partial charge in [0, 0.05) is 47.6 Å². The average molecular weight is 576 g/mol. The van der Waals surface area contributed by atoms with Crippen molar-refractivity contribution in [3.8, 4) is 0 Å². The Bertz CT molecular complexity index is 1340. The first kappa shape index (κ1) is 29.0. The van der Waals surface area contributed by atoms with Crippen LogP contribution in [0.1, 0.15) is 24.4 Å². The molecule has 9 nitrogen and oxygen atoms in total. The van der Waals surface area contributed by atoms with Crippen molar-refractivity contribution in [2.24, 2.45) is 0 Å². The third-order valence-corrected chi connectivity index (χ3v) is 6.51. The fourth-order valence-electron chi connectivity index (χ4n) is 4.23. The first-order chi connectivity index (χ1) is 19.2. The van der Waals surface area contributed by atoms with Gasteiger partial charge >= 0.3 is 0 Å². The number of rotatable bonds is 7. The van der Waals surface area contributed by atoms with E-state index in [-0.39, 0.29) is 23.2 Å². The molecule has 0 spiro atoms. The number of alkyl halides is 2. The summed E-state index contributed by atoms with van der Waals surface area (Å²) in [7, 11) is 0. The summed E-state index contributed by atoms with van der Waals surface area (Å²) in [5, 5.41) is 2.75. The molecule has 5 rings (SSSR count). The molecule has 1 aromatic heterocycles. The highest BCUT2D eigenvalue weighted by Gasteiger charge is 2.47. The summed E-state index contributed by atoms with van der Waals surface area (Å²) in [4.78, 5) is 46.5. The Morgan fingerprint density at radius 3 is 2.50 bits per heavy atom. The van der Waals surface area contributed by atoms with Gasteiger partial charge in [0.2, 0.25) is 18.3 Å². The molecule has 2 aliphatic rings. The maximum Gasteiger partial charge on any atom is 0.255 e. The number of halogens is 4. The fourth-order valence-corrected chi connectivity index (χ4v) is 4.46. The van der Waals surface area contributed by atoms with Crippen LogP contribution in [-0.2, 0) is 19.1 Å². The maximum atomic E-state index is 13.6. The first-order valence-corrected chi connectivity index (χ1v) is 12.6. The molecule has 2 heterocycles. The van der Waals surface area contributed by atoms with E-state index < -0.39 is 42.6 Å². The number of benzene rings is 2. The lowest BCUT2D eigenvalue weighted by Crippen LogP contribution is -2.53. The van der Waals surface area contributed by atoms with Gasteiger partial charge in [-0.2, -0.15) is 0 Å². The Morgan fingerprint density at radius 2 is 1.88 bits per heavy atom. The fraction of sp³-hybridized carbons (Fsp3) is 0.296. The van der Waals surface area contributed by atoms with E-state index in [4.69, 9.17) is 16.3 Å². The molecule has 1 saturated carbocycles. The van der Waals surface area contributed by atoms with Crippen LogP contribution in [0.4, 0.5) is 24.8 Å². The number of carbonyl (C=O) groups excluding carboxylic acids is 3. The molecule has 1 N–H and O–H groups in total. The van der Waals surface area contributed by atoms with Crippen LogP contribution in [0, 0.1) is 5.82 Å². The second-order valence-electron chi connectivity index (χ2n) is 9.03. The van der Waals surface area contributed by atoms with Gasteiger partial charge in [-0.25, -0.2) is 23.1 Å². The number of morpholine rings is 1. The van der Waals surface area contributed by atoms with Gasteiger partial charge in [-0.1, -0.05) is 35.9 Å². The van der Waals surface area contributed by atoms with Crippen molar-refractivity contribution in [1.82, 2.24) is 15.3 Å². The lowest BCUT2D eigenvalue weighted by molar-refractivity contribution is -0.131. The first-order valence-electron chi connectivity index (χ1n) is 12.3. The lowest BCUT2D eigenvalue weighted by atomic mass is 9.87. The third-order valence-electron chi connectivity index (χ3n) is 6.16. The van der Waals surface area contributed by atoms with Crippen molar-refractivity contribution in [1.29, 1.82) is 0 Å². The van der Waals surface area contributed by atoms with Crippen LogP contribution in [0.5, 0.6) is 0 Å². The highest BCUT2D eigenvalue weighted by molar-refractivity contribution is 6.31. The molecule has 1 saturated heterocycles. The van der Waals surface area contributed by atoms with Gasteiger partial charge < -0.3 is 10.1 Å². The Balaban J connectivity index is 0.000000236. The van der Waals surface area contributed by atoms with E-state index >= 15 is 0 Å². The minimum atomic E-state index is -2.80. The molecule has 40 heavy (non-hydrogen) atoms. The van der Waals surface area contributed by atoms with Crippen LogP contribution in [0.15, 0.2) is 67.0 Å². The molecule has 2 fully saturated rings. The Kier molecular flexibility index (Phi) is 9.33. The summed E-state index contributed by atoms with van der Waals surface area (Å²) in [6.07, 6.45) is 2.69. The molecular weight excluding hydrogens is 551 g/mol. The normalized spacial score (nSPS) is 17.1. The number of hydrogen-bond acceptors (Lipinski definition) is 6. The van der Waals surface area contributed by atoms with E-state index in [1.54, 1.807) is 42.7 Å². The number of anilines is 2. The minimum Gasteiger partial charge on any atom is -0.370 e. The molecule has 2 aromatic carbocycles. The summed E-state index contributed by atoms with van der Waals surface area (Å²) < 4.78 is 44.8. The van der Waals surface area contributed by atoms with E-state index in [2.05, 4.69) is 15.3 Å². The van der Waals surface area contributed by atoms with E-state index in [1.165, 1.54) is 23.1 Å². The van der Waals surface area contributed by atoms with Gasteiger partial charge in [0.05, 0.1) is 13.2 Å². The van der Waals surface area contributed by atoms with Gasteiger partial charge in [-0.05, 0) is 30.3 Å². The summed E-state index contributed by atoms with van der Waals surface area (Å²) in [5.41, 5.74) is 0.447. The third kappa shape index (κ3) is 7.13. The Hall–Kier alpha value is -4.03. The summed E-state index contributed by atoms with van der Waals surface area (Å²) >= 11 is 6.20. The van der Waals surface area contributed by atoms with Crippen LogP contribution in [0.25, 0.3) is 0 Å². The molecule has 3 amide bonds. The van der Waals surface area contributed by atoms with Crippen LogP contribution < -0.4 is 15.1 Å². The lowest BCUT2D eigenvalue weighted by Gasteiger charge is -2.37. The molecule has 1 aliphatic heterocycles. The van der Waals surface area contributed by atoms with E-state index in [9.17, 15) is 27.6 Å². The van der Waals surface area contributed by atoms with Crippen molar-refractivity contribution in [2.75, 3.05) is 29.6 Å². The average Bonchev–Trinajstić information content (AvgIpc) is 2.92. The van der Waals surface area contributed by atoms with Crippen LogP contribution >= 0.6 is 11.6 Å². The second kappa shape index (κ2) is 12.9. The number of nitrogens with zero attached hydrogens (tertiary/aromatic N) is 4. The molecule has 3 aromatic rings. The highest BCUT2D eigenvalue weighted by atomic mass is 35.5. The molecule has 1 unspecified atom stereocenters. The number of aromatic nitrogens is 2. The van der Waals surface area contributed by atoms with Gasteiger partial charge in [-0.15, -0.1) is 0 Å². The predicted octanol–water partition coefficient (Wildman–Crippen LogP) is 3.94. The summed E-state index contributed by atoms with van der Waals surface area (Å²) in [5.74, 6) is -3.69. The van der Waals surface area contributed by atoms with Crippen LogP contribution in [0.2, 0.25) is 5.02 Å². The Labute approximate surface area is 232 Å². The van der Waals surface area contributed by atoms with E-state index in [0.717, 1.165) is 11.0 Å². The zero-order chi connectivity index (χ0) is 28.7. The van der Waals surface area contributed by atoms with Crippen molar-refractivity contribution >= 4 is 41.5 Å². The van der Waals surface area contributed by atoms with Gasteiger partial charge in [0.25, 0.3) is 11.8 Å². The number of ether oxygens (including phenoxy) is 1. The summed E-state index contributed by atoms with van der Waals surface area (Å²) in [6, 6.07) is 11.3. The van der Waals surface area contributed by atoms with Gasteiger partial charge in [0.15, 0.2) is 0 Å². The highest BCUT2D eigenvalue weighted by Crippen LogP contribution is 2.38. The standard InChI is InChI=1S/C19H16ClF3N2O2.C8H9N3O2/c20-16-7-2-1-6-15(16)17(18(27)24-13-9-19(22,23)10-13)25(11-26)14-5-3-4-12(21)8-14;12-7-6-13-5-4-11(7)8-9-2-1-3-10-8/h1-8,11,13,17H,9-10H2,(H,24,27);1-3H,4-6H2. The van der Waals surface area contributed by atoms with Crippen molar-refractivity contribution < 1.29 is 32.3 Å². The molecular formula is C27H25ClF3N5O4. The maximum absolute atomic E-state index is 13.6. The molecule has 0 radical (unpaired) electrons. The number of hydrogen-bond donors (Lipinski definition) is 1. The zero-order valence-corrected chi connectivity index (χ0v) is 21.8.